The molecule has 0 atom stereocenters. The van der Waals surface area contributed by atoms with Crippen LogP contribution in [-0.4, -0.2) is 15.7 Å². The van der Waals surface area contributed by atoms with E-state index in [1.165, 1.54) is 18.5 Å². The van der Waals surface area contributed by atoms with Crippen molar-refractivity contribution in [1.82, 2.24) is 9.78 Å². The molecule has 2 aromatic rings. The van der Waals surface area contributed by atoms with Crippen LogP contribution in [0.15, 0.2) is 30.6 Å². The first-order valence-electron chi connectivity index (χ1n) is 6.58. The summed E-state index contributed by atoms with van der Waals surface area (Å²) >= 11 is 0. The lowest BCUT2D eigenvalue weighted by Crippen LogP contribution is -2.14. The fraction of sp³-hybridized carbons (Fsp3) is 0.286. The summed E-state index contributed by atoms with van der Waals surface area (Å²) < 4.78 is 40.0. The number of aryl methyl sites for hydroxylation is 1. The Kier molecular flexibility index (Phi) is 4.51. The quantitative estimate of drug-likeness (QED) is 0.911. The van der Waals surface area contributed by atoms with Crippen molar-refractivity contribution in [2.45, 2.75) is 26.2 Å². The van der Waals surface area contributed by atoms with Crippen molar-refractivity contribution in [2.75, 3.05) is 5.32 Å². The molecule has 0 saturated carbocycles. The highest BCUT2D eigenvalue weighted by Crippen LogP contribution is 2.32. The fourth-order valence-electron chi connectivity index (χ4n) is 1.90. The minimum atomic E-state index is -4.50. The number of halogens is 3. The van der Waals surface area contributed by atoms with E-state index in [9.17, 15) is 18.0 Å². The molecule has 1 amide bonds. The van der Waals surface area contributed by atoms with Crippen molar-refractivity contribution >= 4 is 11.6 Å². The topological polar surface area (TPSA) is 72.9 Å². The van der Waals surface area contributed by atoms with Crippen LogP contribution in [0.25, 0.3) is 0 Å². The Labute approximate surface area is 124 Å². The second-order valence-electron chi connectivity index (χ2n) is 4.66. The number of hydrogen-bond acceptors (Lipinski definition) is 3. The minimum absolute atomic E-state index is 0.0459. The summed E-state index contributed by atoms with van der Waals surface area (Å²) in [4.78, 5) is 12.0. The zero-order valence-corrected chi connectivity index (χ0v) is 11.8. The molecular formula is C14H15F3N4O. The van der Waals surface area contributed by atoms with Gasteiger partial charge in [-0.2, -0.15) is 18.3 Å². The number of hydrogen-bond donors (Lipinski definition) is 2. The van der Waals surface area contributed by atoms with Crippen molar-refractivity contribution in [2.24, 2.45) is 5.73 Å². The predicted octanol–water partition coefficient (Wildman–Crippen LogP) is 2.63. The smallest absolute Gasteiger partial charge is 0.326 e. The van der Waals surface area contributed by atoms with Gasteiger partial charge < -0.3 is 11.1 Å². The molecule has 118 valence electrons. The van der Waals surface area contributed by atoms with E-state index in [0.29, 0.717) is 6.54 Å². The molecule has 8 heteroatoms. The van der Waals surface area contributed by atoms with E-state index in [2.05, 4.69) is 10.4 Å². The van der Waals surface area contributed by atoms with E-state index in [1.807, 2.05) is 6.92 Å². The van der Waals surface area contributed by atoms with Gasteiger partial charge in [0.1, 0.15) is 0 Å². The van der Waals surface area contributed by atoms with Gasteiger partial charge in [0, 0.05) is 25.0 Å². The van der Waals surface area contributed by atoms with Gasteiger partial charge in [-0.3, -0.25) is 9.48 Å². The molecule has 0 fully saturated rings. The molecule has 1 aromatic heterocycles. The second kappa shape index (κ2) is 6.18. The molecule has 0 saturated heterocycles. The maximum atomic E-state index is 12.8. The van der Waals surface area contributed by atoms with Crippen LogP contribution in [0.4, 0.5) is 18.9 Å². The largest absolute Gasteiger partial charge is 0.416 e. The van der Waals surface area contributed by atoms with Crippen LogP contribution in [0.1, 0.15) is 28.4 Å². The number of rotatable bonds is 4. The fourth-order valence-corrected chi connectivity index (χ4v) is 1.90. The zero-order chi connectivity index (χ0) is 16.3. The Hall–Kier alpha value is -2.35. The number of alkyl halides is 3. The van der Waals surface area contributed by atoms with E-state index < -0.39 is 17.6 Å². The van der Waals surface area contributed by atoms with Gasteiger partial charge in [0.15, 0.2) is 0 Å². The van der Waals surface area contributed by atoms with Crippen molar-refractivity contribution in [1.29, 1.82) is 0 Å². The number of nitrogens with one attached hydrogen (secondary N) is 1. The molecule has 0 spiro atoms. The second-order valence-corrected chi connectivity index (χ2v) is 4.66. The molecule has 1 heterocycles. The maximum absolute atomic E-state index is 12.8. The number of carbonyl (C=O) groups excluding carboxylic acids is 1. The van der Waals surface area contributed by atoms with Crippen molar-refractivity contribution in [3.63, 3.8) is 0 Å². The summed E-state index contributed by atoms with van der Waals surface area (Å²) in [5, 5.41) is 6.38. The lowest BCUT2D eigenvalue weighted by atomic mass is 10.1. The third kappa shape index (κ3) is 3.64. The number of nitrogens with two attached hydrogens (primary N) is 1. The molecule has 0 radical (unpaired) electrons. The summed E-state index contributed by atoms with van der Waals surface area (Å²) in [6, 6.07) is 3.25. The van der Waals surface area contributed by atoms with Gasteiger partial charge in [0.2, 0.25) is 0 Å². The van der Waals surface area contributed by atoms with Gasteiger partial charge in [-0.15, -0.1) is 0 Å². The number of aromatic nitrogens is 2. The summed E-state index contributed by atoms with van der Waals surface area (Å²) in [7, 11) is 0. The first kappa shape index (κ1) is 16.0. The van der Waals surface area contributed by atoms with E-state index in [1.54, 1.807) is 4.68 Å². The van der Waals surface area contributed by atoms with E-state index in [4.69, 9.17) is 5.73 Å². The van der Waals surface area contributed by atoms with E-state index in [0.717, 1.165) is 12.1 Å². The van der Waals surface area contributed by atoms with Gasteiger partial charge in [0.05, 0.1) is 17.3 Å². The van der Waals surface area contributed by atoms with Crippen LogP contribution < -0.4 is 11.1 Å². The van der Waals surface area contributed by atoms with Crippen molar-refractivity contribution < 1.29 is 18.0 Å². The number of anilines is 1. The molecule has 22 heavy (non-hydrogen) atoms. The molecular weight excluding hydrogens is 297 g/mol. The highest BCUT2D eigenvalue weighted by Gasteiger charge is 2.31. The average molecular weight is 312 g/mol. The van der Waals surface area contributed by atoms with Gasteiger partial charge >= 0.3 is 6.18 Å². The highest BCUT2D eigenvalue weighted by atomic mass is 19.4. The van der Waals surface area contributed by atoms with E-state index >= 15 is 0 Å². The average Bonchev–Trinajstić information content (AvgIpc) is 2.95. The number of benzene rings is 1. The first-order chi connectivity index (χ1) is 10.3. The molecule has 3 N–H and O–H groups in total. The Bertz CT molecular complexity index is 679. The Morgan fingerprint density at radius 1 is 1.36 bits per heavy atom. The normalized spacial score (nSPS) is 11.5. The number of nitrogens with zero attached hydrogens (tertiary/aromatic N) is 2. The van der Waals surface area contributed by atoms with Crippen LogP contribution >= 0.6 is 0 Å². The molecule has 2 rings (SSSR count). The Balaban J connectivity index is 2.26. The van der Waals surface area contributed by atoms with Crippen LogP contribution in [0.5, 0.6) is 0 Å². The zero-order valence-electron chi connectivity index (χ0n) is 11.8. The molecule has 5 nitrogen and oxygen atoms in total. The summed E-state index contributed by atoms with van der Waals surface area (Å²) in [5.41, 5.74) is 5.15. The highest BCUT2D eigenvalue weighted by molar-refractivity contribution is 6.04. The molecule has 0 unspecified atom stereocenters. The number of amides is 1. The van der Waals surface area contributed by atoms with Gasteiger partial charge in [-0.05, 0) is 30.7 Å². The van der Waals surface area contributed by atoms with Crippen molar-refractivity contribution in [3.05, 3.63) is 47.3 Å². The summed E-state index contributed by atoms with van der Waals surface area (Å²) in [6.45, 7) is 2.39. The maximum Gasteiger partial charge on any atom is 0.416 e. The van der Waals surface area contributed by atoms with Crippen LogP contribution in [0.3, 0.4) is 0 Å². The molecule has 1 aromatic carbocycles. The molecule has 0 aliphatic carbocycles. The van der Waals surface area contributed by atoms with Crippen LogP contribution in [-0.2, 0) is 19.3 Å². The monoisotopic (exact) mass is 312 g/mol. The SMILES string of the molecule is CCn1cc(C(=O)Nc2cc(CN)cc(C(F)(F)F)c2)cn1. The van der Waals surface area contributed by atoms with Gasteiger partial charge in [0.25, 0.3) is 5.91 Å². The van der Waals surface area contributed by atoms with Gasteiger partial charge in [-0.25, -0.2) is 0 Å². The standard InChI is InChI=1S/C14H15F3N4O/c1-2-21-8-10(7-19-21)13(22)20-12-4-9(6-18)3-11(5-12)14(15,16)17/h3-5,7-8H,2,6,18H2,1H3,(H,20,22). The minimum Gasteiger partial charge on any atom is -0.326 e. The molecule has 0 aliphatic rings. The third-order valence-electron chi connectivity index (χ3n) is 3.03. The van der Waals surface area contributed by atoms with Crippen molar-refractivity contribution in [3.8, 4) is 0 Å². The third-order valence-corrected chi connectivity index (χ3v) is 3.03. The van der Waals surface area contributed by atoms with E-state index in [-0.39, 0.29) is 23.4 Å². The first-order valence-corrected chi connectivity index (χ1v) is 6.58. The molecule has 0 bridgehead atoms. The Morgan fingerprint density at radius 2 is 2.09 bits per heavy atom. The Morgan fingerprint density at radius 3 is 2.64 bits per heavy atom. The van der Waals surface area contributed by atoms with Crippen LogP contribution in [0.2, 0.25) is 0 Å². The lowest BCUT2D eigenvalue weighted by Gasteiger charge is -2.12. The lowest BCUT2D eigenvalue weighted by molar-refractivity contribution is -0.137. The van der Waals surface area contributed by atoms with Crippen LogP contribution in [0, 0.1) is 0 Å². The molecule has 0 aliphatic heterocycles. The summed E-state index contributed by atoms with van der Waals surface area (Å²) in [5.74, 6) is -0.526. The summed E-state index contributed by atoms with van der Waals surface area (Å²) in [6.07, 6.45) is -1.62. The van der Waals surface area contributed by atoms with Gasteiger partial charge in [-0.1, -0.05) is 0 Å². The predicted molar refractivity (Wildman–Crippen MR) is 75.2 cm³/mol. The number of carbonyl (C=O) groups is 1.